The van der Waals surface area contributed by atoms with E-state index in [-0.39, 0.29) is 12.3 Å². The lowest BCUT2D eigenvalue weighted by Gasteiger charge is -2.48. The molecule has 26 heavy (non-hydrogen) atoms. The van der Waals surface area contributed by atoms with Crippen LogP contribution in [-0.2, 0) is 31.6 Å². The van der Waals surface area contributed by atoms with Gasteiger partial charge in [0.2, 0.25) is 10.8 Å². The Bertz CT molecular complexity index is 782. The Balaban J connectivity index is 1.80. The van der Waals surface area contributed by atoms with E-state index in [0.717, 1.165) is 5.56 Å². The van der Waals surface area contributed by atoms with E-state index in [2.05, 4.69) is 5.32 Å². The number of rotatable bonds is 5. The highest BCUT2D eigenvalue weighted by molar-refractivity contribution is 8.03. The number of β-lactam (4-membered cyclic amide) rings is 1. The maximum absolute atomic E-state index is 12.6. The van der Waals surface area contributed by atoms with E-state index < -0.39 is 43.7 Å². The molecule has 4 atom stereocenters. The smallest absolute Gasteiger partial charge is 0.344 e. The fourth-order valence-corrected chi connectivity index (χ4v) is 7.32. The van der Waals surface area contributed by atoms with Gasteiger partial charge in [-0.15, -0.1) is 11.8 Å². The van der Waals surface area contributed by atoms with Gasteiger partial charge in [0, 0.05) is 6.26 Å². The number of benzene rings is 1. The van der Waals surface area contributed by atoms with E-state index in [1.165, 1.54) is 22.9 Å². The molecule has 1 aromatic carbocycles. The molecular weight excluding hydrogens is 376 g/mol. The van der Waals surface area contributed by atoms with Gasteiger partial charge in [0.05, 0.1) is 22.0 Å². The maximum atomic E-state index is 12.6. The van der Waals surface area contributed by atoms with Crippen LogP contribution in [0.1, 0.15) is 19.4 Å². The second-order valence-electron chi connectivity index (χ2n) is 6.84. The Morgan fingerprint density at radius 2 is 1.92 bits per heavy atom. The number of carboxylic acids is 1. The number of hydrogen-bond donors (Lipinski definition) is 2. The summed E-state index contributed by atoms with van der Waals surface area (Å²) < 4.78 is 11.4. The molecule has 0 radical (unpaired) electrons. The molecule has 1 unspecified atom stereocenters. The SMILES string of the molecule is CS(=O)[C@@]1(C(=O)O)N2C(=O)[C@H](NC(=O)Cc3ccccc3)[C@H]2SC1(C)C. The summed E-state index contributed by atoms with van der Waals surface area (Å²) in [7, 11) is -1.81. The molecule has 2 amide bonds. The van der Waals surface area contributed by atoms with Crippen molar-refractivity contribution in [2.45, 2.75) is 41.3 Å². The zero-order chi connectivity index (χ0) is 19.3. The fourth-order valence-electron chi connectivity index (χ4n) is 3.70. The summed E-state index contributed by atoms with van der Waals surface area (Å²) in [6.07, 6.45) is 1.43. The lowest BCUT2D eigenvalue weighted by molar-refractivity contribution is -0.164. The third kappa shape index (κ3) is 2.56. The molecule has 7 nitrogen and oxygen atoms in total. The highest BCUT2D eigenvalue weighted by Crippen LogP contribution is 2.57. The van der Waals surface area contributed by atoms with E-state index in [9.17, 15) is 23.7 Å². The van der Waals surface area contributed by atoms with E-state index in [1.807, 2.05) is 30.3 Å². The van der Waals surface area contributed by atoms with Gasteiger partial charge in [0.1, 0.15) is 11.4 Å². The Kier molecular flexibility index (Phi) is 4.64. The Morgan fingerprint density at radius 1 is 1.31 bits per heavy atom. The first kappa shape index (κ1) is 18.9. The topological polar surface area (TPSA) is 104 Å². The molecule has 0 saturated carbocycles. The molecule has 3 rings (SSSR count). The highest BCUT2D eigenvalue weighted by atomic mass is 32.2. The molecule has 0 spiro atoms. The second-order valence-corrected chi connectivity index (χ2v) is 10.1. The Hall–Kier alpha value is -1.87. The molecule has 9 heteroatoms. The van der Waals surface area contributed by atoms with Crippen LogP contribution in [0.4, 0.5) is 0 Å². The number of fused-ring (bicyclic) bond motifs is 1. The third-order valence-corrected chi connectivity index (χ3v) is 8.30. The molecule has 2 fully saturated rings. The van der Waals surface area contributed by atoms with Gasteiger partial charge in [-0.1, -0.05) is 30.3 Å². The maximum Gasteiger partial charge on any atom is 0.344 e. The van der Waals surface area contributed by atoms with Gasteiger partial charge in [0.15, 0.2) is 0 Å². The largest absolute Gasteiger partial charge is 0.479 e. The number of carbonyl (C=O) groups excluding carboxylic acids is 2. The quantitative estimate of drug-likeness (QED) is 0.705. The zero-order valence-corrected chi connectivity index (χ0v) is 16.2. The molecular formula is C17H20N2O5S2. The van der Waals surface area contributed by atoms with E-state index >= 15 is 0 Å². The van der Waals surface area contributed by atoms with Crippen molar-refractivity contribution in [3.63, 3.8) is 0 Å². The average Bonchev–Trinajstić information content (AvgIpc) is 2.79. The van der Waals surface area contributed by atoms with Gasteiger partial charge in [-0.25, -0.2) is 4.79 Å². The molecule has 1 aromatic rings. The molecule has 140 valence electrons. The summed E-state index contributed by atoms with van der Waals surface area (Å²) in [5.41, 5.74) is 0.822. The number of nitrogens with zero attached hydrogens (tertiary/aromatic N) is 1. The van der Waals surface area contributed by atoms with Crippen molar-refractivity contribution in [2.24, 2.45) is 0 Å². The third-order valence-electron chi connectivity index (χ3n) is 4.84. The van der Waals surface area contributed by atoms with Crippen LogP contribution in [0.5, 0.6) is 0 Å². The molecule has 2 aliphatic rings. The van der Waals surface area contributed by atoms with Gasteiger partial charge in [0.25, 0.3) is 5.91 Å². The first-order chi connectivity index (χ1) is 12.1. The minimum Gasteiger partial charge on any atom is -0.479 e. The van der Waals surface area contributed by atoms with E-state index in [0.29, 0.717) is 0 Å². The summed E-state index contributed by atoms with van der Waals surface area (Å²) in [5.74, 6) is -2.11. The van der Waals surface area contributed by atoms with Crippen molar-refractivity contribution in [2.75, 3.05) is 6.26 Å². The van der Waals surface area contributed by atoms with E-state index in [1.54, 1.807) is 13.8 Å². The minimum absolute atomic E-state index is 0.134. The van der Waals surface area contributed by atoms with Crippen molar-refractivity contribution in [3.05, 3.63) is 35.9 Å². The lowest BCUT2D eigenvalue weighted by atomic mass is 9.95. The van der Waals surface area contributed by atoms with Crippen molar-refractivity contribution in [1.29, 1.82) is 0 Å². The van der Waals surface area contributed by atoms with Crippen LogP contribution < -0.4 is 5.32 Å². The van der Waals surface area contributed by atoms with Gasteiger partial charge in [-0.05, 0) is 19.4 Å². The minimum atomic E-state index is -1.81. The molecule has 2 saturated heterocycles. The van der Waals surface area contributed by atoms with Gasteiger partial charge in [-0.3, -0.25) is 18.7 Å². The summed E-state index contributed by atoms with van der Waals surface area (Å²) in [5, 5.41) is 11.9. The number of thioether (sulfide) groups is 1. The predicted octanol–water partition coefficient (Wildman–Crippen LogP) is 0.567. The van der Waals surface area contributed by atoms with Crippen LogP contribution in [0.3, 0.4) is 0 Å². The van der Waals surface area contributed by atoms with Crippen molar-refractivity contribution in [3.8, 4) is 0 Å². The summed E-state index contributed by atoms with van der Waals surface area (Å²) in [6, 6.07) is 8.33. The second kappa shape index (κ2) is 6.38. The summed E-state index contributed by atoms with van der Waals surface area (Å²) in [4.78, 5) is 36.3. The molecule has 0 bridgehead atoms. The number of hydrogen-bond acceptors (Lipinski definition) is 5. The molecule has 2 heterocycles. The standard InChI is InChI=1S/C17H20N2O5S2/c1-16(2)17(15(22)23,26(3)24)19-13(21)12(14(19)25-16)18-11(20)9-10-7-5-4-6-8-10/h4-8,12,14H,9H2,1-3H3,(H,18,20)(H,22,23)/t12-,14+,17+,26?/m0/s1. The van der Waals surface area contributed by atoms with Crippen LogP contribution in [0, 0.1) is 0 Å². The predicted molar refractivity (Wildman–Crippen MR) is 98.8 cm³/mol. The van der Waals surface area contributed by atoms with Crippen LogP contribution in [-0.4, -0.2) is 59.3 Å². The van der Waals surface area contributed by atoms with Crippen LogP contribution in [0.2, 0.25) is 0 Å². The lowest BCUT2D eigenvalue weighted by Crippen LogP contribution is -2.76. The number of nitrogens with one attached hydrogen (secondary N) is 1. The number of carbonyl (C=O) groups is 3. The molecule has 0 aliphatic carbocycles. The van der Waals surface area contributed by atoms with Crippen LogP contribution in [0.15, 0.2) is 30.3 Å². The van der Waals surface area contributed by atoms with Gasteiger partial charge < -0.3 is 10.4 Å². The van der Waals surface area contributed by atoms with Gasteiger partial charge in [-0.2, -0.15) is 0 Å². The highest BCUT2D eigenvalue weighted by Gasteiger charge is 2.75. The fraction of sp³-hybridized carbons (Fsp3) is 0.471. The van der Waals surface area contributed by atoms with Crippen molar-refractivity contribution in [1.82, 2.24) is 10.2 Å². The number of carboxylic acid groups (broad SMARTS) is 1. The Labute approximate surface area is 158 Å². The molecule has 2 N–H and O–H groups in total. The summed E-state index contributed by atoms with van der Waals surface area (Å²) >= 11 is 1.26. The first-order valence-corrected chi connectivity index (χ1v) is 10.5. The molecule has 2 aliphatic heterocycles. The van der Waals surface area contributed by atoms with Gasteiger partial charge >= 0.3 is 5.97 Å². The average molecular weight is 396 g/mol. The van der Waals surface area contributed by atoms with E-state index in [4.69, 9.17) is 0 Å². The number of amides is 2. The van der Waals surface area contributed by atoms with Crippen LogP contribution >= 0.6 is 11.8 Å². The Morgan fingerprint density at radius 3 is 2.46 bits per heavy atom. The molecule has 0 aromatic heterocycles. The van der Waals surface area contributed by atoms with Crippen LogP contribution in [0.25, 0.3) is 0 Å². The van der Waals surface area contributed by atoms with Crippen molar-refractivity contribution >= 4 is 40.3 Å². The number of aliphatic carboxylic acids is 1. The normalized spacial score (nSPS) is 30.3. The zero-order valence-electron chi connectivity index (χ0n) is 14.6. The summed E-state index contributed by atoms with van der Waals surface area (Å²) in [6.45, 7) is 3.34. The van der Waals surface area contributed by atoms with Crippen molar-refractivity contribution < 1.29 is 23.7 Å². The first-order valence-electron chi connectivity index (χ1n) is 8.04. The monoisotopic (exact) mass is 396 g/mol.